The van der Waals surface area contributed by atoms with Crippen molar-refractivity contribution in [3.63, 3.8) is 0 Å². The number of hydrogen-bond acceptors (Lipinski definition) is 3. The molecule has 1 heterocycles. The first-order valence-corrected chi connectivity index (χ1v) is 5.45. The van der Waals surface area contributed by atoms with E-state index in [1.807, 2.05) is 11.0 Å². The number of unbranched alkanes of at least 4 members (excludes halogenated alkanes) is 1. The van der Waals surface area contributed by atoms with Crippen molar-refractivity contribution in [1.82, 2.24) is 20.1 Å². The smallest absolute Gasteiger partial charge is 0.164 e. The average Bonchev–Trinajstić information content (AvgIpc) is 2.63. The SMILES string of the molecule is CCCCn1cnc(CNCCC)n1. The van der Waals surface area contributed by atoms with Gasteiger partial charge in [-0.25, -0.2) is 4.98 Å². The summed E-state index contributed by atoms with van der Waals surface area (Å²) in [4.78, 5) is 4.23. The lowest BCUT2D eigenvalue weighted by molar-refractivity contribution is 0.558. The minimum Gasteiger partial charge on any atom is -0.310 e. The zero-order chi connectivity index (χ0) is 10.2. The minimum atomic E-state index is 0.785. The largest absolute Gasteiger partial charge is 0.310 e. The highest BCUT2D eigenvalue weighted by atomic mass is 15.3. The maximum absolute atomic E-state index is 4.36. The van der Waals surface area contributed by atoms with Crippen molar-refractivity contribution in [2.45, 2.75) is 46.2 Å². The molecule has 80 valence electrons. The Kier molecular flexibility index (Phi) is 5.22. The Morgan fingerprint density at radius 2 is 2.21 bits per heavy atom. The summed E-state index contributed by atoms with van der Waals surface area (Å²) in [6, 6.07) is 0. The molecule has 0 atom stereocenters. The Bertz CT molecular complexity index is 244. The van der Waals surface area contributed by atoms with E-state index in [2.05, 4.69) is 29.2 Å². The Morgan fingerprint density at radius 1 is 1.36 bits per heavy atom. The van der Waals surface area contributed by atoms with Crippen LogP contribution in [0.15, 0.2) is 6.33 Å². The highest BCUT2D eigenvalue weighted by Gasteiger charge is 1.98. The fourth-order valence-electron chi connectivity index (χ4n) is 1.22. The molecule has 0 aromatic carbocycles. The first-order chi connectivity index (χ1) is 6.86. The maximum atomic E-state index is 4.36. The molecule has 0 saturated carbocycles. The van der Waals surface area contributed by atoms with Gasteiger partial charge in [-0.05, 0) is 19.4 Å². The van der Waals surface area contributed by atoms with Crippen molar-refractivity contribution >= 4 is 0 Å². The highest BCUT2D eigenvalue weighted by Crippen LogP contribution is 1.94. The van der Waals surface area contributed by atoms with Crippen molar-refractivity contribution < 1.29 is 0 Å². The van der Waals surface area contributed by atoms with E-state index in [9.17, 15) is 0 Å². The van der Waals surface area contributed by atoms with Gasteiger partial charge in [-0.2, -0.15) is 5.10 Å². The van der Waals surface area contributed by atoms with Gasteiger partial charge in [-0.1, -0.05) is 20.3 Å². The Labute approximate surface area is 85.7 Å². The molecular weight excluding hydrogens is 176 g/mol. The van der Waals surface area contributed by atoms with E-state index in [1.54, 1.807) is 0 Å². The van der Waals surface area contributed by atoms with Gasteiger partial charge in [0.05, 0.1) is 6.54 Å². The summed E-state index contributed by atoms with van der Waals surface area (Å²) in [5.74, 6) is 0.898. The lowest BCUT2D eigenvalue weighted by Gasteiger charge is -1.98. The quantitative estimate of drug-likeness (QED) is 0.673. The molecular formula is C10H20N4. The van der Waals surface area contributed by atoms with Gasteiger partial charge < -0.3 is 5.32 Å². The summed E-state index contributed by atoms with van der Waals surface area (Å²) in [5, 5.41) is 7.65. The lowest BCUT2D eigenvalue weighted by atomic mass is 10.3. The number of nitrogens with one attached hydrogen (secondary N) is 1. The third-order valence-corrected chi connectivity index (χ3v) is 2.03. The molecule has 0 aliphatic rings. The third-order valence-electron chi connectivity index (χ3n) is 2.03. The van der Waals surface area contributed by atoms with Gasteiger partial charge in [0.25, 0.3) is 0 Å². The molecule has 1 N–H and O–H groups in total. The molecule has 0 saturated heterocycles. The van der Waals surface area contributed by atoms with Gasteiger partial charge in [-0.15, -0.1) is 0 Å². The van der Waals surface area contributed by atoms with Crippen LogP contribution in [0.4, 0.5) is 0 Å². The van der Waals surface area contributed by atoms with Crippen molar-refractivity contribution in [2.75, 3.05) is 6.54 Å². The molecule has 1 aromatic heterocycles. The van der Waals surface area contributed by atoms with Gasteiger partial charge in [0.15, 0.2) is 5.82 Å². The van der Waals surface area contributed by atoms with Gasteiger partial charge in [-0.3, -0.25) is 4.68 Å². The minimum absolute atomic E-state index is 0.785. The lowest BCUT2D eigenvalue weighted by Crippen LogP contribution is -2.15. The molecule has 0 fully saturated rings. The van der Waals surface area contributed by atoms with Crippen LogP contribution in [-0.2, 0) is 13.1 Å². The number of rotatable bonds is 7. The molecule has 0 aliphatic carbocycles. The summed E-state index contributed by atoms with van der Waals surface area (Å²) < 4.78 is 1.92. The van der Waals surface area contributed by atoms with Crippen LogP contribution < -0.4 is 5.32 Å². The first-order valence-electron chi connectivity index (χ1n) is 5.45. The molecule has 0 spiro atoms. The summed E-state index contributed by atoms with van der Waals surface area (Å²) in [6.07, 6.45) is 5.34. The topological polar surface area (TPSA) is 42.7 Å². The molecule has 1 rings (SSSR count). The van der Waals surface area contributed by atoms with Crippen LogP contribution in [0.1, 0.15) is 38.9 Å². The molecule has 0 unspecified atom stereocenters. The van der Waals surface area contributed by atoms with Crippen molar-refractivity contribution in [1.29, 1.82) is 0 Å². The van der Waals surface area contributed by atoms with Gasteiger partial charge in [0, 0.05) is 6.54 Å². The van der Waals surface area contributed by atoms with Crippen LogP contribution in [0.5, 0.6) is 0 Å². The molecule has 0 amide bonds. The van der Waals surface area contributed by atoms with Crippen molar-refractivity contribution in [3.05, 3.63) is 12.2 Å². The van der Waals surface area contributed by atoms with E-state index in [-0.39, 0.29) is 0 Å². The van der Waals surface area contributed by atoms with Gasteiger partial charge in [0.2, 0.25) is 0 Å². The second-order valence-electron chi connectivity index (χ2n) is 3.45. The molecule has 4 heteroatoms. The van der Waals surface area contributed by atoms with Gasteiger partial charge in [0.1, 0.15) is 6.33 Å². The zero-order valence-electron chi connectivity index (χ0n) is 9.16. The third kappa shape index (κ3) is 3.87. The molecule has 14 heavy (non-hydrogen) atoms. The Hall–Kier alpha value is -0.900. The first kappa shape index (κ1) is 11.2. The van der Waals surface area contributed by atoms with E-state index in [1.165, 1.54) is 12.8 Å². The van der Waals surface area contributed by atoms with E-state index in [0.717, 1.165) is 31.9 Å². The Balaban J connectivity index is 2.27. The monoisotopic (exact) mass is 196 g/mol. The fourth-order valence-corrected chi connectivity index (χ4v) is 1.22. The number of hydrogen-bond donors (Lipinski definition) is 1. The molecule has 4 nitrogen and oxygen atoms in total. The second-order valence-corrected chi connectivity index (χ2v) is 3.45. The standard InChI is InChI=1S/C10H20N4/c1-3-5-7-14-9-12-10(13-14)8-11-6-4-2/h9,11H,3-8H2,1-2H3. The van der Waals surface area contributed by atoms with Crippen LogP contribution >= 0.6 is 0 Å². The fraction of sp³-hybridized carbons (Fsp3) is 0.800. The predicted molar refractivity (Wildman–Crippen MR) is 56.9 cm³/mol. The van der Waals surface area contributed by atoms with E-state index < -0.39 is 0 Å². The Morgan fingerprint density at radius 3 is 2.93 bits per heavy atom. The van der Waals surface area contributed by atoms with Crippen molar-refractivity contribution in [2.24, 2.45) is 0 Å². The summed E-state index contributed by atoms with van der Waals surface area (Å²) in [6.45, 7) is 7.13. The van der Waals surface area contributed by atoms with Crippen LogP contribution in [-0.4, -0.2) is 21.3 Å². The number of nitrogens with zero attached hydrogens (tertiary/aromatic N) is 3. The number of aromatic nitrogens is 3. The molecule has 1 aromatic rings. The van der Waals surface area contributed by atoms with E-state index >= 15 is 0 Å². The average molecular weight is 196 g/mol. The van der Waals surface area contributed by atoms with Gasteiger partial charge >= 0.3 is 0 Å². The normalized spacial score (nSPS) is 10.7. The zero-order valence-corrected chi connectivity index (χ0v) is 9.16. The summed E-state index contributed by atoms with van der Waals surface area (Å²) in [5.41, 5.74) is 0. The van der Waals surface area contributed by atoms with Crippen LogP contribution in [0.3, 0.4) is 0 Å². The van der Waals surface area contributed by atoms with Crippen LogP contribution in [0, 0.1) is 0 Å². The highest BCUT2D eigenvalue weighted by molar-refractivity contribution is 4.80. The van der Waals surface area contributed by atoms with Crippen LogP contribution in [0.2, 0.25) is 0 Å². The summed E-state index contributed by atoms with van der Waals surface area (Å²) in [7, 11) is 0. The summed E-state index contributed by atoms with van der Waals surface area (Å²) >= 11 is 0. The molecule has 0 radical (unpaired) electrons. The predicted octanol–water partition coefficient (Wildman–Crippen LogP) is 1.58. The molecule has 0 bridgehead atoms. The number of aryl methyl sites for hydroxylation is 1. The van der Waals surface area contributed by atoms with Crippen LogP contribution in [0.25, 0.3) is 0 Å². The van der Waals surface area contributed by atoms with Crippen molar-refractivity contribution in [3.8, 4) is 0 Å². The van der Waals surface area contributed by atoms with E-state index in [0.29, 0.717) is 0 Å². The van der Waals surface area contributed by atoms with E-state index in [4.69, 9.17) is 0 Å². The molecule has 0 aliphatic heterocycles. The maximum Gasteiger partial charge on any atom is 0.164 e. The second kappa shape index (κ2) is 6.54.